The molecule has 2 aliphatic rings. The van der Waals surface area contributed by atoms with Crippen LogP contribution in [0.25, 0.3) is 55.7 Å². The van der Waals surface area contributed by atoms with Gasteiger partial charge in [0.1, 0.15) is 0 Å². The standard InChI is InChI=1S/2C21H14N.C3H6.2ClH.Zr/c2*1-2-9-16(10-3-1)22-20-13-7-6-12-18(20)19-14-15-8-4-5-11-17(15)21(19)22;1-3-2;;;/h2*1-14H;1-2H3;2*1H;/q;;;;;+2/p-2. The molecule has 0 spiro atoms. The molecular formula is C45H34Cl2N2Zr. The minimum Gasteiger partial charge on any atom is -1.00 e. The topological polar surface area (TPSA) is 9.86 Å². The number of halogens is 2. The van der Waals surface area contributed by atoms with Crippen molar-refractivity contribution in [2.45, 2.75) is 21.1 Å². The van der Waals surface area contributed by atoms with Crippen molar-refractivity contribution in [1.82, 2.24) is 9.13 Å². The average molecular weight is 765 g/mol. The van der Waals surface area contributed by atoms with Crippen molar-refractivity contribution in [2.24, 2.45) is 0 Å². The third-order valence-electron chi connectivity index (χ3n) is 10.7. The molecular weight excluding hydrogens is 731 g/mol. The molecule has 0 bridgehead atoms. The quantitative estimate of drug-likeness (QED) is 0.232. The first-order chi connectivity index (χ1) is 23.7. The fraction of sp³-hybridized carbons (Fsp3) is 0.0889. The molecule has 0 radical (unpaired) electrons. The molecule has 2 heterocycles. The predicted molar refractivity (Wildman–Crippen MR) is 197 cm³/mol. The fourth-order valence-corrected chi connectivity index (χ4v) is 18.5. The zero-order valence-corrected chi connectivity index (χ0v) is 31.8. The summed E-state index contributed by atoms with van der Waals surface area (Å²) in [6, 6.07) is 58.9. The van der Waals surface area contributed by atoms with Gasteiger partial charge in [0.25, 0.3) is 0 Å². The molecule has 8 aromatic rings. The van der Waals surface area contributed by atoms with Crippen molar-refractivity contribution in [3.05, 3.63) is 180 Å². The number of hydrogen-bond donors (Lipinski definition) is 0. The van der Waals surface area contributed by atoms with E-state index in [-0.39, 0.29) is 24.8 Å². The maximum atomic E-state index is 2.55. The number of nitrogens with zero attached hydrogens (tertiary/aromatic N) is 2. The van der Waals surface area contributed by atoms with E-state index in [9.17, 15) is 0 Å². The van der Waals surface area contributed by atoms with Crippen LogP contribution < -0.4 is 24.8 Å². The van der Waals surface area contributed by atoms with Crippen LogP contribution in [0.4, 0.5) is 0 Å². The molecule has 0 amide bonds. The van der Waals surface area contributed by atoms with Crippen molar-refractivity contribution >= 4 is 25.0 Å². The Labute approximate surface area is 313 Å². The Morgan fingerprint density at radius 1 is 0.440 bits per heavy atom. The van der Waals surface area contributed by atoms with Crippen LogP contribution in [0.15, 0.2) is 158 Å². The second-order valence-corrected chi connectivity index (χ2v) is 20.9. The molecule has 6 aromatic carbocycles. The van der Waals surface area contributed by atoms with Gasteiger partial charge in [-0.05, 0) is 0 Å². The molecule has 50 heavy (non-hydrogen) atoms. The van der Waals surface area contributed by atoms with Gasteiger partial charge in [-0.15, -0.1) is 0 Å². The summed E-state index contributed by atoms with van der Waals surface area (Å²) in [4.78, 5) is 0. The van der Waals surface area contributed by atoms with E-state index >= 15 is 0 Å². The van der Waals surface area contributed by atoms with Gasteiger partial charge < -0.3 is 24.8 Å². The second-order valence-electron chi connectivity index (χ2n) is 13.4. The van der Waals surface area contributed by atoms with Gasteiger partial charge in [-0.2, -0.15) is 0 Å². The Hall–Kier alpha value is -4.27. The molecule has 0 aliphatic heterocycles. The van der Waals surface area contributed by atoms with E-state index in [1.807, 2.05) is 0 Å². The van der Waals surface area contributed by atoms with Crippen LogP contribution in [0, 0.1) is 0 Å². The molecule has 5 heteroatoms. The average Bonchev–Trinajstić information content (AvgIpc) is 3.85. The fourth-order valence-electron chi connectivity index (χ4n) is 8.97. The van der Waals surface area contributed by atoms with E-state index in [1.165, 1.54) is 66.8 Å². The van der Waals surface area contributed by atoms with Crippen LogP contribution in [0.5, 0.6) is 0 Å². The van der Waals surface area contributed by atoms with E-state index in [0.717, 1.165) is 0 Å². The smallest absolute Gasteiger partial charge is 1.00 e. The number of para-hydroxylation sites is 4. The van der Waals surface area contributed by atoms with E-state index in [4.69, 9.17) is 0 Å². The van der Waals surface area contributed by atoms with Crippen LogP contribution >= 0.6 is 0 Å². The number of aromatic nitrogens is 2. The SMILES string of the molecule is C[C](C)=[Zr+2]([CH]1c2ccccc2-c2c1c1ccccc1n2-c1ccccc1)[CH]1c2ccccc2-c2c1c1ccccc1n2-c1ccccc1.[Cl-].[Cl-]. The molecule has 0 N–H and O–H groups in total. The summed E-state index contributed by atoms with van der Waals surface area (Å²) in [5.41, 5.74) is 16.8. The summed E-state index contributed by atoms with van der Waals surface area (Å²) >= 11 is -2.71. The van der Waals surface area contributed by atoms with Gasteiger partial charge in [-0.1, -0.05) is 0 Å². The maximum Gasteiger partial charge on any atom is -1.00 e. The van der Waals surface area contributed by atoms with Gasteiger partial charge in [-0.25, -0.2) is 0 Å². The predicted octanol–water partition coefficient (Wildman–Crippen LogP) is 5.25. The second kappa shape index (κ2) is 12.8. The number of fused-ring (bicyclic) bond motifs is 10. The van der Waals surface area contributed by atoms with E-state index in [2.05, 4.69) is 181 Å². The molecule has 0 saturated heterocycles. The molecule has 2 unspecified atom stereocenters. The van der Waals surface area contributed by atoms with Crippen LogP contribution in [-0.4, -0.2) is 12.3 Å². The largest absolute Gasteiger partial charge is 1.00 e. The first-order valence-corrected chi connectivity index (χ1v) is 21.0. The van der Waals surface area contributed by atoms with Crippen LogP contribution in [0.2, 0.25) is 0 Å². The summed E-state index contributed by atoms with van der Waals surface area (Å²) in [7, 11) is 0. The van der Waals surface area contributed by atoms with Crippen LogP contribution in [0.1, 0.15) is 43.4 Å². The summed E-state index contributed by atoms with van der Waals surface area (Å²) in [5, 5.41) is 2.80. The first kappa shape index (κ1) is 32.9. The van der Waals surface area contributed by atoms with Crippen LogP contribution in [0.3, 0.4) is 0 Å². The van der Waals surface area contributed by atoms with Crippen molar-refractivity contribution in [3.63, 3.8) is 0 Å². The van der Waals surface area contributed by atoms with Gasteiger partial charge in [0.15, 0.2) is 0 Å². The van der Waals surface area contributed by atoms with Gasteiger partial charge >= 0.3 is 290 Å². The summed E-state index contributed by atoms with van der Waals surface area (Å²) in [6.45, 7) is 4.92. The Bertz CT molecular complexity index is 2420. The molecule has 2 aromatic heterocycles. The summed E-state index contributed by atoms with van der Waals surface area (Å²) in [6.07, 6.45) is 0. The zero-order valence-electron chi connectivity index (χ0n) is 27.8. The number of benzene rings is 6. The van der Waals surface area contributed by atoms with Crippen molar-refractivity contribution in [2.75, 3.05) is 0 Å². The van der Waals surface area contributed by atoms with Crippen molar-refractivity contribution < 1.29 is 46.1 Å². The zero-order chi connectivity index (χ0) is 31.9. The van der Waals surface area contributed by atoms with Crippen LogP contribution in [-0.2, 0) is 21.3 Å². The molecule has 2 atom stereocenters. The molecule has 10 rings (SSSR count). The molecule has 0 saturated carbocycles. The van der Waals surface area contributed by atoms with E-state index < -0.39 is 21.3 Å². The normalized spacial score (nSPS) is 14.9. The summed E-state index contributed by atoms with van der Waals surface area (Å²) < 4.78 is 7.53. The Morgan fingerprint density at radius 2 is 0.800 bits per heavy atom. The van der Waals surface area contributed by atoms with Gasteiger partial charge in [0.05, 0.1) is 0 Å². The molecule has 0 fully saturated rings. The molecule has 242 valence electrons. The van der Waals surface area contributed by atoms with E-state index in [1.54, 1.807) is 14.3 Å². The third-order valence-corrected chi connectivity index (χ3v) is 19.5. The van der Waals surface area contributed by atoms with Gasteiger partial charge in [-0.3, -0.25) is 0 Å². The molecule has 2 aliphatic carbocycles. The Balaban J connectivity index is 0.00000180. The first-order valence-electron chi connectivity index (χ1n) is 17.0. The third kappa shape index (κ3) is 4.60. The Kier molecular flexibility index (Phi) is 8.43. The van der Waals surface area contributed by atoms with Crippen molar-refractivity contribution in [3.8, 4) is 33.9 Å². The summed E-state index contributed by atoms with van der Waals surface area (Å²) in [5.74, 6) is 0. The number of hydrogen-bond acceptors (Lipinski definition) is 0. The monoisotopic (exact) mass is 762 g/mol. The number of rotatable bonds is 4. The van der Waals surface area contributed by atoms with Gasteiger partial charge in [0.2, 0.25) is 0 Å². The van der Waals surface area contributed by atoms with Crippen molar-refractivity contribution in [1.29, 1.82) is 0 Å². The maximum absolute atomic E-state index is 2.71. The molecule has 2 nitrogen and oxygen atoms in total. The van der Waals surface area contributed by atoms with Gasteiger partial charge in [0, 0.05) is 0 Å². The van der Waals surface area contributed by atoms with E-state index in [0.29, 0.717) is 7.25 Å². The minimum absolute atomic E-state index is 0. The minimum atomic E-state index is -2.71. The Morgan fingerprint density at radius 3 is 1.22 bits per heavy atom.